The van der Waals surface area contributed by atoms with Crippen LogP contribution in [0, 0.1) is 0 Å². The first kappa shape index (κ1) is 16.5. The number of carboxylic acid groups (broad SMARTS) is 1. The number of aromatic nitrogens is 3. The highest BCUT2D eigenvalue weighted by atomic mass is 35.5. The molecule has 0 aliphatic carbocycles. The van der Waals surface area contributed by atoms with Crippen LogP contribution < -0.4 is 0 Å². The van der Waals surface area contributed by atoms with Crippen LogP contribution in [0.25, 0.3) is 16.4 Å². The van der Waals surface area contributed by atoms with Crippen molar-refractivity contribution in [3.8, 4) is 16.4 Å². The van der Waals surface area contributed by atoms with E-state index in [9.17, 15) is 18.0 Å². The highest BCUT2D eigenvalue weighted by Gasteiger charge is 2.37. The molecule has 3 aromatic rings. The number of rotatable bonds is 3. The fourth-order valence-corrected chi connectivity index (χ4v) is 2.98. The highest BCUT2D eigenvalue weighted by molar-refractivity contribution is 7.12. The number of carbonyl (C=O) groups is 1. The van der Waals surface area contributed by atoms with Crippen LogP contribution in [0.2, 0.25) is 5.02 Å². The Morgan fingerprint density at radius 2 is 2.00 bits per heavy atom. The van der Waals surface area contributed by atoms with Crippen molar-refractivity contribution in [2.24, 2.45) is 0 Å². The van der Waals surface area contributed by atoms with Crippen molar-refractivity contribution < 1.29 is 23.1 Å². The minimum absolute atomic E-state index is 0.0139. The summed E-state index contributed by atoms with van der Waals surface area (Å²) in [5.41, 5.74) is -1.07. The molecule has 124 valence electrons. The van der Waals surface area contributed by atoms with Gasteiger partial charge in [0, 0.05) is 10.9 Å². The van der Waals surface area contributed by atoms with Gasteiger partial charge >= 0.3 is 12.1 Å². The smallest absolute Gasteiger partial charge is 0.433 e. The molecule has 0 fully saturated rings. The topological polar surface area (TPSA) is 68.0 Å². The molecule has 0 aliphatic heterocycles. The summed E-state index contributed by atoms with van der Waals surface area (Å²) >= 11 is 6.75. The summed E-state index contributed by atoms with van der Waals surface area (Å²) in [5, 5.41) is 14.0. The largest absolute Gasteiger partial charge is 0.476 e. The summed E-state index contributed by atoms with van der Waals surface area (Å²) in [6, 6.07) is 7.20. The van der Waals surface area contributed by atoms with Crippen LogP contribution in [-0.2, 0) is 6.18 Å². The van der Waals surface area contributed by atoms with Crippen molar-refractivity contribution in [2.75, 3.05) is 0 Å². The van der Waals surface area contributed by atoms with Gasteiger partial charge in [0.2, 0.25) is 5.13 Å². The van der Waals surface area contributed by atoms with E-state index < -0.39 is 17.8 Å². The molecule has 3 rings (SSSR count). The number of carboxylic acids is 1. The monoisotopic (exact) mass is 373 g/mol. The fourth-order valence-electron chi connectivity index (χ4n) is 1.99. The van der Waals surface area contributed by atoms with Crippen molar-refractivity contribution >= 4 is 28.9 Å². The lowest BCUT2D eigenvalue weighted by Gasteiger charge is -2.06. The molecule has 2 heterocycles. The maximum absolute atomic E-state index is 13.3. The van der Waals surface area contributed by atoms with Crippen LogP contribution in [0.3, 0.4) is 0 Å². The molecule has 1 N–H and O–H groups in total. The van der Waals surface area contributed by atoms with E-state index in [1.54, 1.807) is 18.2 Å². The van der Waals surface area contributed by atoms with Crippen LogP contribution in [-0.4, -0.2) is 25.8 Å². The third-order valence-corrected chi connectivity index (χ3v) is 4.19. The molecule has 1 aromatic carbocycles. The second-order valence-corrected chi connectivity index (χ2v) is 5.87. The predicted octanol–water partition coefficient (Wildman–Crippen LogP) is 4.37. The number of hydrogen-bond acceptors (Lipinski definition) is 4. The molecule has 2 aromatic heterocycles. The molecule has 0 radical (unpaired) electrons. The summed E-state index contributed by atoms with van der Waals surface area (Å²) in [5.74, 6) is -1.33. The van der Waals surface area contributed by atoms with Crippen molar-refractivity contribution in [3.05, 3.63) is 52.1 Å². The molecular weight excluding hydrogens is 367 g/mol. The van der Waals surface area contributed by atoms with Crippen LogP contribution in [0.4, 0.5) is 13.2 Å². The third-order valence-electron chi connectivity index (χ3n) is 3.04. The van der Waals surface area contributed by atoms with Crippen LogP contribution in [0.5, 0.6) is 0 Å². The van der Waals surface area contributed by atoms with Crippen LogP contribution in [0.15, 0.2) is 35.7 Å². The lowest BCUT2D eigenvalue weighted by molar-refractivity contribution is -0.142. The first-order valence-electron chi connectivity index (χ1n) is 6.38. The highest BCUT2D eigenvalue weighted by Crippen LogP contribution is 2.36. The summed E-state index contributed by atoms with van der Waals surface area (Å²) in [7, 11) is 0. The van der Waals surface area contributed by atoms with E-state index in [1.165, 1.54) is 6.07 Å². The van der Waals surface area contributed by atoms with Crippen LogP contribution >= 0.6 is 22.9 Å². The molecule has 5 nitrogen and oxygen atoms in total. The SMILES string of the molecule is O=C(O)c1csc(-n2nc(-c3ccccc3Cl)cc2C(F)(F)F)n1. The minimum Gasteiger partial charge on any atom is -0.476 e. The van der Waals surface area contributed by atoms with Crippen molar-refractivity contribution in [1.82, 2.24) is 14.8 Å². The average Bonchev–Trinajstić information content (AvgIpc) is 3.14. The molecule has 0 saturated heterocycles. The van der Waals surface area contributed by atoms with Gasteiger partial charge in [-0.2, -0.15) is 18.3 Å². The summed E-state index contributed by atoms with van der Waals surface area (Å²) in [6.07, 6.45) is -4.69. The van der Waals surface area contributed by atoms with Gasteiger partial charge in [0.15, 0.2) is 11.4 Å². The zero-order valence-electron chi connectivity index (χ0n) is 11.6. The quantitative estimate of drug-likeness (QED) is 0.740. The Morgan fingerprint density at radius 3 is 2.58 bits per heavy atom. The maximum atomic E-state index is 13.3. The van der Waals surface area contributed by atoms with Gasteiger partial charge in [-0.1, -0.05) is 29.8 Å². The van der Waals surface area contributed by atoms with Crippen molar-refractivity contribution in [1.29, 1.82) is 0 Å². The number of hydrogen-bond donors (Lipinski definition) is 1. The molecular formula is C14H7ClF3N3O2S. The number of aromatic carboxylic acids is 1. The Labute approximate surface area is 141 Å². The van der Waals surface area contributed by atoms with Gasteiger partial charge in [-0.15, -0.1) is 11.3 Å². The predicted molar refractivity (Wildman–Crippen MR) is 81.6 cm³/mol. The van der Waals surface area contributed by atoms with E-state index in [2.05, 4.69) is 10.1 Å². The molecule has 0 spiro atoms. The molecule has 0 saturated carbocycles. The summed E-state index contributed by atoms with van der Waals surface area (Å²) < 4.78 is 40.5. The zero-order valence-corrected chi connectivity index (χ0v) is 13.2. The van der Waals surface area contributed by atoms with Gasteiger partial charge in [0.1, 0.15) is 0 Å². The number of nitrogens with zero attached hydrogens (tertiary/aromatic N) is 3. The first-order valence-corrected chi connectivity index (χ1v) is 7.64. The number of benzene rings is 1. The molecule has 24 heavy (non-hydrogen) atoms. The molecule has 0 unspecified atom stereocenters. The Bertz CT molecular complexity index is 920. The normalized spacial score (nSPS) is 11.7. The summed E-state index contributed by atoms with van der Waals surface area (Å²) in [6.45, 7) is 0. The Hall–Kier alpha value is -2.39. The van der Waals surface area contributed by atoms with Gasteiger partial charge in [-0.25, -0.2) is 14.5 Å². The minimum atomic E-state index is -4.69. The lowest BCUT2D eigenvalue weighted by atomic mass is 10.1. The number of halogens is 4. The lowest BCUT2D eigenvalue weighted by Crippen LogP contribution is -2.13. The second-order valence-electron chi connectivity index (χ2n) is 4.62. The zero-order chi connectivity index (χ0) is 17.5. The Morgan fingerprint density at radius 1 is 1.29 bits per heavy atom. The van der Waals surface area contributed by atoms with Crippen molar-refractivity contribution in [3.63, 3.8) is 0 Å². The van der Waals surface area contributed by atoms with Gasteiger partial charge in [0.05, 0.1) is 10.7 Å². The van der Waals surface area contributed by atoms with Gasteiger partial charge in [-0.05, 0) is 12.1 Å². The molecule has 0 aliphatic rings. The van der Waals surface area contributed by atoms with Gasteiger partial charge in [0.25, 0.3) is 0 Å². The van der Waals surface area contributed by atoms with Crippen LogP contribution in [0.1, 0.15) is 16.2 Å². The third kappa shape index (κ3) is 3.00. The fraction of sp³-hybridized carbons (Fsp3) is 0.0714. The molecule has 0 bridgehead atoms. The maximum Gasteiger partial charge on any atom is 0.433 e. The first-order chi connectivity index (χ1) is 11.3. The van der Waals surface area contributed by atoms with E-state index in [-0.39, 0.29) is 21.5 Å². The van der Waals surface area contributed by atoms with E-state index >= 15 is 0 Å². The van der Waals surface area contributed by atoms with Gasteiger partial charge in [-0.3, -0.25) is 0 Å². The van der Waals surface area contributed by atoms with E-state index in [0.29, 0.717) is 10.2 Å². The van der Waals surface area contributed by atoms with Gasteiger partial charge < -0.3 is 5.11 Å². The van der Waals surface area contributed by atoms with E-state index in [4.69, 9.17) is 16.7 Å². The Balaban J connectivity index is 2.17. The molecule has 0 atom stereocenters. The van der Waals surface area contributed by atoms with E-state index in [0.717, 1.165) is 22.8 Å². The van der Waals surface area contributed by atoms with Crippen molar-refractivity contribution in [2.45, 2.75) is 6.18 Å². The molecule has 10 heteroatoms. The standard InChI is InChI=1S/C14H7ClF3N3O2S/c15-8-4-2-1-3-7(8)9-5-11(14(16,17)18)21(20-9)13-19-10(6-24-13)12(22)23/h1-6H,(H,22,23). The summed E-state index contributed by atoms with van der Waals surface area (Å²) in [4.78, 5) is 14.5. The second kappa shape index (κ2) is 5.91. The average molecular weight is 374 g/mol. The molecule has 0 amide bonds. The Kier molecular flexibility index (Phi) is 4.06. The van der Waals surface area contributed by atoms with E-state index in [1.807, 2.05) is 0 Å². The number of alkyl halides is 3. The number of thiazole rings is 1.